The Morgan fingerprint density at radius 3 is 2.45 bits per heavy atom. The molecule has 2 rings (SSSR count). The highest BCUT2D eigenvalue weighted by Gasteiger charge is 2.29. The van der Waals surface area contributed by atoms with Gasteiger partial charge in [0.15, 0.2) is 0 Å². The molecular formula is C17H20FNO. The van der Waals surface area contributed by atoms with E-state index in [1.807, 2.05) is 32.9 Å². The van der Waals surface area contributed by atoms with Gasteiger partial charge in [-0.1, -0.05) is 18.2 Å². The summed E-state index contributed by atoms with van der Waals surface area (Å²) in [6.45, 7) is 5.88. The zero-order valence-corrected chi connectivity index (χ0v) is 12.3. The molecule has 0 aliphatic heterocycles. The summed E-state index contributed by atoms with van der Waals surface area (Å²) in [5.41, 5.74) is 9.45. The molecule has 0 saturated carbocycles. The number of hydrogen-bond donors (Lipinski definition) is 1. The largest absolute Gasteiger partial charge is 0.496 e. The molecule has 0 radical (unpaired) electrons. The molecule has 0 amide bonds. The van der Waals surface area contributed by atoms with Crippen molar-refractivity contribution >= 4 is 0 Å². The highest BCUT2D eigenvalue weighted by Crippen LogP contribution is 2.36. The van der Waals surface area contributed by atoms with Crippen molar-refractivity contribution in [3.05, 3.63) is 64.5 Å². The van der Waals surface area contributed by atoms with Crippen LogP contribution in [0.4, 0.5) is 4.39 Å². The van der Waals surface area contributed by atoms with Crippen LogP contribution in [0.25, 0.3) is 0 Å². The number of benzene rings is 2. The number of nitrogens with two attached hydrogens (primary N) is 1. The van der Waals surface area contributed by atoms with Gasteiger partial charge in [0, 0.05) is 5.56 Å². The van der Waals surface area contributed by atoms with Gasteiger partial charge in [0.1, 0.15) is 11.6 Å². The van der Waals surface area contributed by atoms with Crippen LogP contribution >= 0.6 is 0 Å². The van der Waals surface area contributed by atoms with Gasteiger partial charge in [0.25, 0.3) is 0 Å². The predicted octanol–water partition coefficient (Wildman–Crippen LogP) is 3.67. The molecular weight excluding hydrogens is 253 g/mol. The van der Waals surface area contributed by atoms with E-state index < -0.39 is 5.54 Å². The van der Waals surface area contributed by atoms with Crippen LogP contribution in [0, 0.1) is 19.7 Å². The molecule has 0 aliphatic rings. The van der Waals surface area contributed by atoms with Gasteiger partial charge in [-0.2, -0.15) is 0 Å². The van der Waals surface area contributed by atoms with E-state index in [2.05, 4.69) is 6.07 Å². The summed E-state index contributed by atoms with van der Waals surface area (Å²) in [7, 11) is 1.62. The fourth-order valence-electron chi connectivity index (χ4n) is 2.71. The summed E-state index contributed by atoms with van der Waals surface area (Å²) in [5.74, 6) is 0.444. The molecule has 106 valence electrons. The molecule has 2 nitrogen and oxygen atoms in total. The maximum absolute atomic E-state index is 13.5. The summed E-state index contributed by atoms with van der Waals surface area (Å²) in [4.78, 5) is 0. The number of halogens is 1. The van der Waals surface area contributed by atoms with E-state index in [0.717, 1.165) is 28.0 Å². The Balaban J connectivity index is 2.65. The second-order valence-corrected chi connectivity index (χ2v) is 5.37. The van der Waals surface area contributed by atoms with Gasteiger partial charge in [-0.3, -0.25) is 0 Å². The molecule has 2 aromatic rings. The third kappa shape index (κ3) is 2.54. The zero-order valence-electron chi connectivity index (χ0n) is 12.3. The Bertz CT molecular complexity index is 635. The highest BCUT2D eigenvalue weighted by molar-refractivity contribution is 5.51. The van der Waals surface area contributed by atoms with Crippen molar-refractivity contribution in [2.45, 2.75) is 26.3 Å². The van der Waals surface area contributed by atoms with Crippen LogP contribution in [-0.4, -0.2) is 7.11 Å². The first-order chi connectivity index (χ1) is 9.36. The van der Waals surface area contributed by atoms with Crippen LogP contribution in [0.1, 0.15) is 29.2 Å². The van der Waals surface area contributed by atoms with Crippen molar-refractivity contribution in [3.8, 4) is 5.75 Å². The van der Waals surface area contributed by atoms with E-state index in [4.69, 9.17) is 10.5 Å². The van der Waals surface area contributed by atoms with Gasteiger partial charge in [-0.05, 0) is 55.7 Å². The number of hydrogen-bond acceptors (Lipinski definition) is 2. The lowest BCUT2D eigenvalue weighted by molar-refractivity contribution is 0.397. The normalized spacial score (nSPS) is 13.9. The fraction of sp³-hybridized carbons (Fsp3) is 0.294. The van der Waals surface area contributed by atoms with Crippen molar-refractivity contribution in [3.63, 3.8) is 0 Å². The van der Waals surface area contributed by atoms with E-state index in [0.29, 0.717) is 0 Å². The summed E-state index contributed by atoms with van der Waals surface area (Å²) < 4.78 is 18.9. The lowest BCUT2D eigenvalue weighted by Gasteiger charge is -2.30. The third-order valence-electron chi connectivity index (χ3n) is 3.61. The first-order valence-electron chi connectivity index (χ1n) is 6.57. The summed E-state index contributed by atoms with van der Waals surface area (Å²) in [6, 6.07) is 10.4. The molecule has 2 aromatic carbocycles. The molecule has 1 atom stereocenters. The smallest absolute Gasteiger partial charge is 0.124 e. The number of aryl methyl sites for hydroxylation is 2. The Morgan fingerprint density at radius 2 is 1.85 bits per heavy atom. The predicted molar refractivity (Wildman–Crippen MR) is 79.5 cm³/mol. The maximum Gasteiger partial charge on any atom is 0.124 e. The molecule has 0 fully saturated rings. The number of ether oxygens (including phenoxy) is 1. The molecule has 0 saturated heterocycles. The van der Waals surface area contributed by atoms with Crippen LogP contribution < -0.4 is 10.5 Å². The highest BCUT2D eigenvalue weighted by atomic mass is 19.1. The molecule has 3 heteroatoms. The Hall–Kier alpha value is -1.87. The van der Waals surface area contributed by atoms with Crippen molar-refractivity contribution in [2.24, 2.45) is 5.73 Å². The molecule has 0 heterocycles. The second-order valence-electron chi connectivity index (χ2n) is 5.37. The monoisotopic (exact) mass is 273 g/mol. The second kappa shape index (κ2) is 5.25. The van der Waals surface area contributed by atoms with Gasteiger partial charge >= 0.3 is 0 Å². The van der Waals surface area contributed by atoms with Crippen molar-refractivity contribution in [1.82, 2.24) is 0 Å². The topological polar surface area (TPSA) is 35.2 Å². The van der Waals surface area contributed by atoms with Gasteiger partial charge in [0.05, 0.1) is 12.6 Å². The van der Waals surface area contributed by atoms with E-state index in [9.17, 15) is 4.39 Å². The summed E-state index contributed by atoms with van der Waals surface area (Å²) >= 11 is 0. The van der Waals surface area contributed by atoms with E-state index in [1.165, 1.54) is 12.1 Å². The first kappa shape index (κ1) is 14.5. The summed E-state index contributed by atoms with van der Waals surface area (Å²) in [5, 5.41) is 0. The lowest BCUT2D eigenvalue weighted by Crippen LogP contribution is -2.35. The molecule has 0 spiro atoms. The van der Waals surface area contributed by atoms with Crippen LogP contribution in [0.15, 0.2) is 36.4 Å². The van der Waals surface area contributed by atoms with Crippen molar-refractivity contribution in [2.75, 3.05) is 7.11 Å². The van der Waals surface area contributed by atoms with Gasteiger partial charge in [0.2, 0.25) is 0 Å². The Labute approximate surface area is 119 Å². The third-order valence-corrected chi connectivity index (χ3v) is 3.61. The van der Waals surface area contributed by atoms with Gasteiger partial charge in [-0.15, -0.1) is 0 Å². The molecule has 1 unspecified atom stereocenters. The average Bonchev–Trinajstić information content (AvgIpc) is 2.37. The van der Waals surface area contributed by atoms with Crippen LogP contribution in [0.2, 0.25) is 0 Å². The number of rotatable bonds is 3. The van der Waals surface area contributed by atoms with Crippen molar-refractivity contribution < 1.29 is 9.13 Å². The SMILES string of the molecule is COc1cc(C)cc(C)c1C(C)(N)c1cccc(F)c1. The Morgan fingerprint density at radius 1 is 1.15 bits per heavy atom. The van der Waals surface area contributed by atoms with Crippen LogP contribution in [-0.2, 0) is 5.54 Å². The van der Waals surface area contributed by atoms with Crippen LogP contribution in [0.3, 0.4) is 0 Å². The van der Waals surface area contributed by atoms with Gasteiger partial charge < -0.3 is 10.5 Å². The first-order valence-corrected chi connectivity index (χ1v) is 6.57. The quantitative estimate of drug-likeness (QED) is 0.926. The molecule has 20 heavy (non-hydrogen) atoms. The van der Waals surface area contributed by atoms with Gasteiger partial charge in [-0.25, -0.2) is 4.39 Å². The van der Waals surface area contributed by atoms with E-state index in [-0.39, 0.29) is 5.82 Å². The zero-order chi connectivity index (χ0) is 14.9. The van der Waals surface area contributed by atoms with E-state index >= 15 is 0 Å². The summed E-state index contributed by atoms with van der Waals surface area (Å²) in [6.07, 6.45) is 0. The maximum atomic E-state index is 13.5. The molecule has 0 aliphatic carbocycles. The molecule has 0 aromatic heterocycles. The minimum Gasteiger partial charge on any atom is -0.496 e. The molecule has 2 N–H and O–H groups in total. The molecule has 0 bridgehead atoms. The minimum atomic E-state index is -0.814. The van der Waals surface area contributed by atoms with Crippen molar-refractivity contribution in [1.29, 1.82) is 0 Å². The van der Waals surface area contributed by atoms with Crippen LogP contribution in [0.5, 0.6) is 5.75 Å². The number of methoxy groups -OCH3 is 1. The standard InChI is InChI=1S/C17H20FNO/c1-11-8-12(2)16(15(9-11)20-4)17(3,19)13-6-5-7-14(18)10-13/h5-10H,19H2,1-4H3. The lowest BCUT2D eigenvalue weighted by atomic mass is 9.82. The fourth-order valence-corrected chi connectivity index (χ4v) is 2.71. The average molecular weight is 273 g/mol. The Kier molecular flexibility index (Phi) is 3.82. The van der Waals surface area contributed by atoms with E-state index in [1.54, 1.807) is 13.2 Å². The minimum absolute atomic E-state index is 0.289.